The Morgan fingerprint density at radius 1 is 1.17 bits per heavy atom. The van der Waals surface area contributed by atoms with Gasteiger partial charge >= 0.3 is 11.7 Å². The predicted octanol–water partition coefficient (Wildman–Crippen LogP) is 2.89. The molecule has 0 radical (unpaired) electrons. The molecule has 0 saturated heterocycles. The minimum atomic E-state index is -0.333. The van der Waals surface area contributed by atoms with Gasteiger partial charge < -0.3 is 9.72 Å². The molecule has 0 bridgehead atoms. The lowest BCUT2D eigenvalue weighted by atomic mass is 10.1. The average Bonchev–Trinajstić information content (AvgIpc) is 2.87. The van der Waals surface area contributed by atoms with Gasteiger partial charge in [-0.05, 0) is 37.6 Å². The maximum atomic E-state index is 11.9. The number of esters is 1. The van der Waals surface area contributed by atoms with E-state index in [1.165, 1.54) is 0 Å². The Labute approximate surface area is 133 Å². The number of aromatic amines is 1. The number of ether oxygens (including phenoxy) is 1. The molecule has 3 rings (SSSR count). The molecule has 0 saturated carbocycles. The number of benzene rings is 2. The third kappa shape index (κ3) is 3.34. The zero-order valence-electron chi connectivity index (χ0n) is 12.9. The largest absolute Gasteiger partial charge is 0.462 e. The molecule has 0 unspecified atom stereocenters. The monoisotopic (exact) mass is 310 g/mol. The standard InChI is InChI=1S/C18H18N2O3/c1-13-6-4-7-14(12-13)17(21)23-11-5-10-20-16-9-3-2-8-15(16)19-18(20)22/h2-4,6-9,12H,5,10-11H2,1H3,(H,19,22). The minimum absolute atomic E-state index is 0.142. The van der Waals surface area contributed by atoms with E-state index in [1.807, 2.05) is 43.3 Å². The van der Waals surface area contributed by atoms with Crippen LogP contribution in [0.15, 0.2) is 53.3 Å². The van der Waals surface area contributed by atoms with Crippen molar-refractivity contribution in [1.29, 1.82) is 0 Å². The SMILES string of the molecule is Cc1cccc(C(=O)OCCCn2c(=O)[nH]c3ccccc32)c1. The maximum absolute atomic E-state index is 11.9. The molecule has 1 heterocycles. The second kappa shape index (κ2) is 6.52. The number of aryl methyl sites for hydroxylation is 2. The number of nitrogens with zero attached hydrogens (tertiary/aromatic N) is 1. The summed E-state index contributed by atoms with van der Waals surface area (Å²) in [5.74, 6) is -0.333. The molecule has 5 heteroatoms. The second-order valence-corrected chi connectivity index (χ2v) is 5.46. The van der Waals surface area contributed by atoms with Crippen LogP contribution in [0.1, 0.15) is 22.3 Å². The normalized spacial score (nSPS) is 10.8. The number of hydrogen-bond acceptors (Lipinski definition) is 3. The van der Waals surface area contributed by atoms with E-state index >= 15 is 0 Å². The summed E-state index contributed by atoms with van der Waals surface area (Å²) in [5, 5.41) is 0. The van der Waals surface area contributed by atoms with E-state index in [0.29, 0.717) is 18.5 Å². The van der Waals surface area contributed by atoms with Gasteiger partial charge in [0, 0.05) is 6.54 Å². The fraction of sp³-hybridized carbons (Fsp3) is 0.222. The van der Waals surface area contributed by atoms with Gasteiger partial charge in [0.15, 0.2) is 0 Å². The van der Waals surface area contributed by atoms with Gasteiger partial charge in [0.2, 0.25) is 0 Å². The molecule has 0 atom stereocenters. The van der Waals surface area contributed by atoms with Crippen LogP contribution < -0.4 is 5.69 Å². The molecule has 1 aromatic heterocycles. The molecule has 0 aliphatic heterocycles. The molecular weight excluding hydrogens is 292 g/mol. The van der Waals surface area contributed by atoms with Crippen molar-refractivity contribution in [2.75, 3.05) is 6.61 Å². The number of nitrogens with one attached hydrogen (secondary N) is 1. The highest BCUT2D eigenvalue weighted by Crippen LogP contribution is 2.10. The molecule has 5 nitrogen and oxygen atoms in total. The lowest BCUT2D eigenvalue weighted by molar-refractivity contribution is 0.0496. The van der Waals surface area contributed by atoms with Gasteiger partial charge in [-0.3, -0.25) is 4.57 Å². The number of para-hydroxylation sites is 2. The van der Waals surface area contributed by atoms with Gasteiger partial charge in [0.25, 0.3) is 0 Å². The summed E-state index contributed by atoms with van der Waals surface area (Å²) in [7, 11) is 0. The van der Waals surface area contributed by atoms with E-state index in [2.05, 4.69) is 4.98 Å². The summed E-state index contributed by atoms with van der Waals surface area (Å²) in [5.41, 5.74) is 3.10. The number of carbonyl (C=O) groups excluding carboxylic acids is 1. The average molecular weight is 310 g/mol. The van der Waals surface area contributed by atoms with Crippen LogP contribution >= 0.6 is 0 Å². The van der Waals surface area contributed by atoms with Crippen molar-refractivity contribution in [1.82, 2.24) is 9.55 Å². The highest BCUT2D eigenvalue weighted by atomic mass is 16.5. The summed E-state index contributed by atoms with van der Waals surface area (Å²) >= 11 is 0. The zero-order chi connectivity index (χ0) is 16.2. The van der Waals surface area contributed by atoms with Crippen LogP contribution in [0, 0.1) is 6.92 Å². The van der Waals surface area contributed by atoms with Crippen molar-refractivity contribution in [2.45, 2.75) is 19.9 Å². The topological polar surface area (TPSA) is 64.1 Å². The first-order valence-electron chi connectivity index (χ1n) is 7.56. The quantitative estimate of drug-likeness (QED) is 0.582. The molecule has 118 valence electrons. The predicted molar refractivity (Wildman–Crippen MR) is 88.6 cm³/mol. The number of hydrogen-bond donors (Lipinski definition) is 1. The fourth-order valence-electron chi connectivity index (χ4n) is 2.57. The first-order valence-corrected chi connectivity index (χ1v) is 7.56. The molecule has 23 heavy (non-hydrogen) atoms. The van der Waals surface area contributed by atoms with E-state index in [9.17, 15) is 9.59 Å². The Balaban J connectivity index is 1.58. The Hall–Kier alpha value is -2.82. The first kappa shape index (κ1) is 15.1. The molecular formula is C18H18N2O3. The summed E-state index contributed by atoms with van der Waals surface area (Å²) in [6.45, 7) is 2.71. The molecule has 3 aromatic rings. The van der Waals surface area contributed by atoms with E-state index in [0.717, 1.165) is 16.6 Å². The Bertz CT molecular complexity index is 892. The van der Waals surface area contributed by atoms with Crippen LogP contribution in [0.3, 0.4) is 0 Å². The van der Waals surface area contributed by atoms with Crippen molar-refractivity contribution in [2.24, 2.45) is 0 Å². The number of rotatable bonds is 5. The fourth-order valence-corrected chi connectivity index (χ4v) is 2.57. The number of imidazole rings is 1. The molecule has 0 aliphatic carbocycles. The Morgan fingerprint density at radius 3 is 2.83 bits per heavy atom. The first-order chi connectivity index (χ1) is 11.1. The Morgan fingerprint density at radius 2 is 2.00 bits per heavy atom. The van der Waals surface area contributed by atoms with Crippen LogP contribution in [0.4, 0.5) is 0 Å². The van der Waals surface area contributed by atoms with Gasteiger partial charge in [-0.1, -0.05) is 29.8 Å². The highest BCUT2D eigenvalue weighted by Gasteiger charge is 2.08. The van der Waals surface area contributed by atoms with Crippen molar-refractivity contribution < 1.29 is 9.53 Å². The maximum Gasteiger partial charge on any atom is 0.338 e. The van der Waals surface area contributed by atoms with Crippen LogP contribution in [0.5, 0.6) is 0 Å². The lowest BCUT2D eigenvalue weighted by Crippen LogP contribution is -2.18. The Kier molecular flexibility index (Phi) is 4.28. The second-order valence-electron chi connectivity index (χ2n) is 5.46. The highest BCUT2D eigenvalue weighted by molar-refractivity contribution is 5.89. The third-order valence-electron chi connectivity index (χ3n) is 3.69. The van der Waals surface area contributed by atoms with Gasteiger partial charge in [0.1, 0.15) is 0 Å². The zero-order valence-corrected chi connectivity index (χ0v) is 12.9. The van der Waals surface area contributed by atoms with Gasteiger partial charge in [-0.15, -0.1) is 0 Å². The summed E-state index contributed by atoms with van der Waals surface area (Å²) in [6, 6.07) is 14.8. The summed E-state index contributed by atoms with van der Waals surface area (Å²) in [4.78, 5) is 26.7. The number of fused-ring (bicyclic) bond motifs is 1. The number of carbonyl (C=O) groups is 1. The van der Waals surface area contributed by atoms with Gasteiger partial charge in [-0.25, -0.2) is 9.59 Å². The number of H-pyrrole nitrogens is 1. The van der Waals surface area contributed by atoms with Crippen molar-refractivity contribution in [3.05, 3.63) is 70.1 Å². The molecule has 0 fully saturated rings. The molecule has 2 aromatic carbocycles. The van der Waals surface area contributed by atoms with Crippen LogP contribution in [-0.2, 0) is 11.3 Å². The van der Waals surface area contributed by atoms with E-state index in [-0.39, 0.29) is 18.3 Å². The number of aromatic nitrogens is 2. The summed E-state index contributed by atoms with van der Waals surface area (Å²) < 4.78 is 6.93. The van der Waals surface area contributed by atoms with Crippen molar-refractivity contribution in [3.8, 4) is 0 Å². The molecule has 0 amide bonds. The lowest BCUT2D eigenvalue weighted by Gasteiger charge is -2.06. The van der Waals surface area contributed by atoms with Crippen LogP contribution in [0.2, 0.25) is 0 Å². The van der Waals surface area contributed by atoms with Crippen molar-refractivity contribution in [3.63, 3.8) is 0 Å². The smallest absolute Gasteiger partial charge is 0.338 e. The van der Waals surface area contributed by atoms with Crippen LogP contribution in [-0.4, -0.2) is 22.1 Å². The molecule has 0 spiro atoms. The van der Waals surface area contributed by atoms with E-state index in [1.54, 1.807) is 16.7 Å². The summed E-state index contributed by atoms with van der Waals surface area (Å²) in [6.07, 6.45) is 0.583. The third-order valence-corrected chi connectivity index (χ3v) is 3.69. The minimum Gasteiger partial charge on any atom is -0.462 e. The van der Waals surface area contributed by atoms with Gasteiger partial charge in [0.05, 0.1) is 23.2 Å². The van der Waals surface area contributed by atoms with Gasteiger partial charge in [-0.2, -0.15) is 0 Å². The van der Waals surface area contributed by atoms with E-state index in [4.69, 9.17) is 4.74 Å². The molecule has 1 N–H and O–H groups in total. The van der Waals surface area contributed by atoms with Crippen LogP contribution in [0.25, 0.3) is 11.0 Å². The van der Waals surface area contributed by atoms with Crippen molar-refractivity contribution >= 4 is 17.0 Å². The van der Waals surface area contributed by atoms with E-state index < -0.39 is 0 Å². The molecule has 0 aliphatic rings.